The summed E-state index contributed by atoms with van der Waals surface area (Å²) in [6.45, 7) is 25.7. The number of halogens is 2. The zero-order valence-electron chi connectivity index (χ0n) is 55.9. The molecule has 0 saturated carbocycles. The van der Waals surface area contributed by atoms with Gasteiger partial charge in [-0.05, 0) is 222 Å². The van der Waals surface area contributed by atoms with Crippen LogP contribution in [0.2, 0.25) is 0 Å². The first-order valence-electron chi connectivity index (χ1n) is 33.1. The molecule has 2 unspecified atom stereocenters. The molecule has 0 saturated heterocycles. The first kappa shape index (κ1) is 62.6. The van der Waals surface area contributed by atoms with Crippen molar-refractivity contribution in [2.45, 2.75) is 77.0 Å². The van der Waals surface area contributed by atoms with Gasteiger partial charge < -0.3 is 19.3 Å². The second-order valence-corrected chi connectivity index (χ2v) is 27.6. The Labute approximate surface area is 564 Å². The molecule has 0 aliphatic heterocycles. The highest BCUT2D eigenvalue weighted by molar-refractivity contribution is 5.92. The zero-order chi connectivity index (χ0) is 66.7. The SMILES string of the molecule is C=CCOc1ccc(C2(c3ccc(C(C)(C)C)cc3)c3ccccc3-c3ccc(N(c4ccc(-c5ccc(N(c6ccc(C)c(F)c6)c6ccc7c(c6)C(c6ccc(OCC=C)cc6)(c6ccc(C(C)(C)C)cc6)c6ccccc6-7)cc5)cc4)c4ccc(C)c(F)c4)cc32)cc1. The summed E-state index contributed by atoms with van der Waals surface area (Å²) in [6.07, 6.45) is 3.52. The van der Waals surface area contributed by atoms with Gasteiger partial charge in [0.25, 0.3) is 0 Å². The van der Waals surface area contributed by atoms with Gasteiger partial charge in [-0.2, -0.15) is 0 Å². The summed E-state index contributed by atoms with van der Waals surface area (Å²) in [4.78, 5) is 4.32. The summed E-state index contributed by atoms with van der Waals surface area (Å²) in [5, 5.41) is 0. The normalized spacial score (nSPS) is 15.2. The Morgan fingerprint density at radius 1 is 0.344 bits per heavy atom. The van der Waals surface area contributed by atoms with E-state index < -0.39 is 10.8 Å². The van der Waals surface area contributed by atoms with Crippen LogP contribution in [0.15, 0.2) is 292 Å². The summed E-state index contributed by atoms with van der Waals surface area (Å²) in [5.41, 5.74) is 22.6. The monoisotopic (exact) mass is 1260 g/mol. The first-order chi connectivity index (χ1) is 46.4. The number of fused-ring (bicyclic) bond motifs is 6. The molecular weight excluding hydrogens is 1180 g/mol. The van der Waals surface area contributed by atoms with Gasteiger partial charge in [0, 0.05) is 34.1 Å². The molecule has 0 aromatic heterocycles. The third-order valence-corrected chi connectivity index (χ3v) is 19.7. The van der Waals surface area contributed by atoms with Crippen LogP contribution in [0.25, 0.3) is 33.4 Å². The lowest BCUT2D eigenvalue weighted by atomic mass is 9.67. The van der Waals surface area contributed by atoms with Gasteiger partial charge in [0.05, 0.1) is 10.8 Å². The Morgan fingerprint density at radius 3 is 0.979 bits per heavy atom. The average Bonchev–Trinajstić information content (AvgIpc) is 1.54. The van der Waals surface area contributed by atoms with Crippen molar-refractivity contribution in [1.82, 2.24) is 0 Å². The maximum atomic E-state index is 16.1. The van der Waals surface area contributed by atoms with E-state index in [9.17, 15) is 0 Å². The summed E-state index contributed by atoms with van der Waals surface area (Å²) in [6, 6.07) is 94.3. The summed E-state index contributed by atoms with van der Waals surface area (Å²) < 4.78 is 44.3. The Kier molecular flexibility index (Phi) is 16.2. The van der Waals surface area contributed by atoms with Gasteiger partial charge in [-0.25, -0.2) is 8.78 Å². The van der Waals surface area contributed by atoms with E-state index in [1.54, 1.807) is 38.1 Å². The van der Waals surface area contributed by atoms with Gasteiger partial charge in [0.15, 0.2) is 0 Å². The Hall–Kier alpha value is -10.8. The maximum absolute atomic E-state index is 16.1. The van der Waals surface area contributed by atoms with Gasteiger partial charge in [0.2, 0.25) is 0 Å². The molecule has 0 bridgehead atoms. The van der Waals surface area contributed by atoms with Crippen LogP contribution < -0.4 is 19.3 Å². The number of ether oxygens (including phenoxy) is 2. The standard InChI is InChI=1S/C90H78F2N2O2/c1-11-53-95-75-47-35-67(36-48-75)89(65-31-27-63(28-32-65)87(5,6)7)81-19-15-13-17-77(81)79-51-45-71(55-83(79)89)93(73-39-21-59(3)85(91)57-73)69-41-23-61(24-42-69)62-25-43-70(44-26-62)94(74-40-22-60(4)86(92)58-74)72-46-52-80-78-18-14-16-20-82(78)90(84(80)56-72,66-33-29-64(30-34-66)88(8,9)10)68-37-49-76(50-38-68)96-54-12-2/h11-52,55-58H,1-2,53-54H2,3-10H3. The van der Waals surface area contributed by atoms with Crippen LogP contribution in [-0.2, 0) is 21.7 Å². The third-order valence-electron chi connectivity index (χ3n) is 19.7. The lowest BCUT2D eigenvalue weighted by molar-refractivity contribution is 0.363. The molecule has 2 atom stereocenters. The second-order valence-electron chi connectivity index (χ2n) is 27.6. The van der Waals surface area contributed by atoms with Gasteiger partial charge in [-0.15, -0.1) is 0 Å². The van der Waals surface area contributed by atoms with E-state index in [1.807, 2.05) is 24.3 Å². The van der Waals surface area contributed by atoms with E-state index in [-0.39, 0.29) is 22.5 Å². The second kappa shape index (κ2) is 24.8. The van der Waals surface area contributed by atoms with Crippen molar-refractivity contribution >= 4 is 34.1 Å². The molecule has 0 spiro atoms. The number of rotatable bonds is 17. The Morgan fingerprint density at radius 2 is 0.646 bits per heavy atom. The van der Waals surface area contributed by atoms with Crippen LogP contribution in [0.1, 0.15) is 108 Å². The fourth-order valence-corrected chi connectivity index (χ4v) is 14.7. The molecule has 2 aliphatic rings. The molecular formula is C90H78F2N2O2. The zero-order valence-corrected chi connectivity index (χ0v) is 55.9. The van der Waals surface area contributed by atoms with Crippen LogP contribution in [0.3, 0.4) is 0 Å². The molecule has 96 heavy (non-hydrogen) atoms. The van der Waals surface area contributed by atoms with Gasteiger partial charge >= 0.3 is 0 Å². The predicted octanol–water partition coefficient (Wildman–Crippen LogP) is 23.6. The Bertz CT molecular complexity index is 4590. The van der Waals surface area contributed by atoms with Gasteiger partial charge in [0.1, 0.15) is 36.3 Å². The van der Waals surface area contributed by atoms with Crippen molar-refractivity contribution in [3.05, 3.63) is 371 Å². The lowest BCUT2D eigenvalue weighted by Gasteiger charge is -2.35. The third kappa shape index (κ3) is 10.9. The minimum absolute atomic E-state index is 0.0485. The first-order valence-corrected chi connectivity index (χ1v) is 33.1. The topological polar surface area (TPSA) is 24.9 Å². The fourth-order valence-electron chi connectivity index (χ4n) is 14.7. The van der Waals surface area contributed by atoms with Gasteiger partial charge in [-0.3, -0.25) is 0 Å². The van der Waals surface area contributed by atoms with Crippen molar-refractivity contribution in [3.63, 3.8) is 0 Å². The van der Waals surface area contributed by atoms with Crippen LogP contribution >= 0.6 is 0 Å². The molecule has 4 nitrogen and oxygen atoms in total. The minimum atomic E-state index is -0.733. The quantitative estimate of drug-likeness (QED) is 0.0849. The summed E-state index contributed by atoms with van der Waals surface area (Å²) >= 11 is 0. The van der Waals surface area contributed by atoms with Crippen molar-refractivity contribution in [1.29, 1.82) is 0 Å². The van der Waals surface area contributed by atoms with Crippen LogP contribution in [0, 0.1) is 25.5 Å². The van der Waals surface area contributed by atoms with E-state index in [4.69, 9.17) is 9.47 Å². The number of hydrogen-bond donors (Lipinski definition) is 0. The van der Waals surface area contributed by atoms with E-state index in [2.05, 4.69) is 295 Å². The van der Waals surface area contributed by atoms with Crippen LogP contribution in [0.5, 0.6) is 11.5 Å². The minimum Gasteiger partial charge on any atom is -0.490 e. The molecule has 2 aliphatic carbocycles. The highest BCUT2D eigenvalue weighted by Crippen LogP contribution is 2.60. The molecule has 14 rings (SSSR count). The Balaban J connectivity index is 0.868. The maximum Gasteiger partial charge on any atom is 0.128 e. The fraction of sp³-hybridized carbons (Fsp3) is 0.156. The van der Waals surface area contributed by atoms with Crippen molar-refractivity contribution in [2.75, 3.05) is 23.0 Å². The lowest BCUT2D eigenvalue weighted by Crippen LogP contribution is -2.29. The molecule has 474 valence electrons. The van der Waals surface area contributed by atoms with Crippen molar-refractivity contribution < 1.29 is 18.3 Å². The predicted molar refractivity (Wildman–Crippen MR) is 394 cm³/mol. The molecule has 12 aromatic carbocycles. The summed E-state index contributed by atoms with van der Waals surface area (Å²) in [7, 11) is 0. The molecule has 6 heteroatoms. The highest BCUT2D eigenvalue weighted by Gasteiger charge is 2.48. The molecule has 0 amide bonds. The number of nitrogens with zero attached hydrogens (tertiary/aromatic N) is 2. The molecule has 0 fully saturated rings. The van der Waals surface area contributed by atoms with Crippen molar-refractivity contribution in [2.24, 2.45) is 0 Å². The number of anilines is 6. The number of aryl methyl sites for hydroxylation is 2. The van der Waals surface area contributed by atoms with Crippen LogP contribution in [0.4, 0.5) is 42.9 Å². The molecule has 0 radical (unpaired) electrons. The van der Waals surface area contributed by atoms with Gasteiger partial charge in [-0.1, -0.05) is 237 Å². The van der Waals surface area contributed by atoms with E-state index >= 15 is 8.78 Å². The number of benzene rings is 12. The molecule has 0 heterocycles. The largest absolute Gasteiger partial charge is 0.490 e. The van der Waals surface area contributed by atoms with Crippen molar-refractivity contribution in [3.8, 4) is 44.9 Å². The smallest absolute Gasteiger partial charge is 0.128 e. The molecule has 12 aromatic rings. The van der Waals surface area contributed by atoms with E-state index in [1.165, 1.54) is 22.3 Å². The number of hydrogen-bond acceptors (Lipinski definition) is 4. The van der Waals surface area contributed by atoms with E-state index in [0.717, 1.165) is 101 Å². The average molecular weight is 1260 g/mol. The molecule has 0 N–H and O–H groups in total. The van der Waals surface area contributed by atoms with Crippen LogP contribution in [-0.4, -0.2) is 13.2 Å². The summed E-state index contributed by atoms with van der Waals surface area (Å²) in [5.74, 6) is 0.963. The van der Waals surface area contributed by atoms with E-state index in [0.29, 0.717) is 35.7 Å². The highest BCUT2D eigenvalue weighted by atomic mass is 19.1.